The molecule has 1 atom stereocenters. The van der Waals surface area contributed by atoms with Gasteiger partial charge in [0, 0.05) is 28.5 Å². The third kappa shape index (κ3) is 5.92. The van der Waals surface area contributed by atoms with Gasteiger partial charge in [-0.2, -0.15) is 4.98 Å². The number of thioether (sulfide) groups is 1. The van der Waals surface area contributed by atoms with Crippen LogP contribution in [-0.2, 0) is 22.6 Å². The number of allylic oxidation sites excluding steroid dienone is 2. The number of aromatic nitrogens is 3. The maximum absolute atomic E-state index is 13.2. The third-order valence-corrected chi connectivity index (χ3v) is 8.84. The third-order valence-electron chi connectivity index (χ3n) is 7.58. The molecule has 0 saturated heterocycles. The van der Waals surface area contributed by atoms with Gasteiger partial charge in [0.15, 0.2) is 5.78 Å². The van der Waals surface area contributed by atoms with Crippen LogP contribution in [0.15, 0.2) is 89.2 Å². The lowest BCUT2D eigenvalue weighted by Crippen LogP contribution is -2.31. The molecular formula is C33H33ClN4O2S. The molecule has 1 unspecified atom stereocenters. The summed E-state index contributed by atoms with van der Waals surface area (Å²) < 4.78 is 7.96. The van der Waals surface area contributed by atoms with Crippen LogP contribution in [0, 0.1) is 0 Å². The van der Waals surface area contributed by atoms with Gasteiger partial charge in [-0.25, -0.2) is 4.68 Å². The smallest absolute Gasteiger partial charge is 0.227 e. The first-order chi connectivity index (χ1) is 19.8. The second kappa shape index (κ2) is 11.4. The largest absolute Gasteiger partial charge is 0.489 e. The number of hydrogen-bond acceptors (Lipinski definition) is 6. The first-order valence-electron chi connectivity index (χ1n) is 13.9. The zero-order chi connectivity index (χ0) is 28.6. The number of anilines is 1. The fraction of sp³-hybridized carbons (Fsp3) is 0.303. The number of rotatable bonds is 7. The molecule has 6 nitrogen and oxygen atoms in total. The van der Waals surface area contributed by atoms with E-state index in [1.54, 1.807) is 0 Å². The number of nitrogens with one attached hydrogen (secondary N) is 1. The molecule has 1 aliphatic carbocycles. The highest BCUT2D eigenvalue weighted by molar-refractivity contribution is 7.98. The number of hydrogen-bond donors (Lipinski definition) is 1. The number of halogens is 1. The van der Waals surface area contributed by atoms with Crippen molar-refractivity contribution in [3.05, 3.63) is 111 Å². The second-order valence-electron chi connectivity index (χ2n) is 11.5. The molecule has 3 aromatic carbocycles. The number of nitrogens with zero attached hydrogens (tertiary/aromatic N) is 3. The van der Waals surface area contributed by atoms with Crippen LogP contribution in [0.25, 0.3) is 0 Å². The van der Waals surface area contributed by atoms with Gasteiger partial charge in [-0.3, -0.25) is 4.79 Å². The van der Waals surface area contributed by atoms with Crippen molar-refractivity contribution in [2.24, 2.45) is 0 Å². The first kappa shape index (κ1) is 27.6. The lowest BCUT2D eigenvalue weighted by Gasteiger charge is -2.32. The average molecular weight is 585 g/mol. The molecule has 0 radical (unpaired) electrons. The van der Waals surface area contributed by atoms with Crippen molar-refractivity contribution in [2.75, 3.05) is 5.32 Å². The van der Waals surface area contributed by atoms with Gasteiger partial charge >= 0.3 is 0 Å². The van der Waals surface area contributed by atoms with Crippen LogP contribution in [0.5, 0.6) is 5.75 Å². The summed E-state index contributed by atoms with van der Waals surface area (Å²) in [5.41, 5.74) is 6.29. The molecule has 1 aliphatic heterocycles. The Balaban J connectivity index is 1.22. The van der Waals surface area contributed by atoms with E-state index in [1.165, 1.54) is 17.3 Å². The van der Waals surface area contributed by atoms with Crippen molar-refractivity contribution in [3.8, 4) is 5.75 Å². The van der Waals surface area contributed by atoms with E-state index >= 15 is 0 Å². The number of ether oxygens (including phenoxy) is 1. The van der Waals surface area contributed by atoms with Crippen molar-refractivity contribution in [3.63, 3.8) is 0 Å². The van der Waals surface area contributed by atoms with E-state index in [-0.39, 0.29) is 17.2 Å². The Bertz CT molecular complexity index is 1600. The van der Waals surface area contributed by atoms with Crippen LogP contribution in [0.2, 0.25) is 5.02 Å². The Morgan fingerprint density at radius 2 is 1.78 bits per heavy atom. The Labute approximate surface area is 250 Å². The van der Waals surface area contributed by atoms with Crippen LogP contribution >= 0.6 is 23.4 Å². The molecule has 2 aliphatic rings. The molecule has 41 heavy (non-hydrogen) atoms. The van der Waals surface area contributed by atoms with Crippen LogP contribution in [-0.4, -0.2) is 20.5 Å². The highest BCUT2D eigenvalue weighted by Gasteiger charge is 2.36. The molecule has 0 saturated carbocycles. The van der Waals surface area contributed by atoms with Crippen molar-refractivity contribution < 1.29 is 9.53 Å². The number of benzene rings is 3. The molecule has 210 valence electrons. The zero-order valence-corrected chi connectivity index (χ0v) is 25.1. The normalized spacial score (nSPS) is 16.7. The van der Waals surface area contributed by atoms with Crippen molar-refractivity contribution >= 4 is 35.1 Å². The topological polar surface area (TPSA) is 69.0 Å². The van der Waals surface area contributed by atoms with Gasteiger partial charge in [0.2, 0.25) is 11.1 Å². The van der Waals surface area contributed by atoms with Crippen LogP contribution in [0.4, 0.5) is 5.95 Å². The average Bonchev–Trinajstić information content (AvgIpc) is 3.37. The van der Waals surface area contributed by atoms with E-state index in [0.717, 1.165) is 51.6 Å². The lowest BCUT2D eigenvalue weighted by molar-refractivity contribution is -0.116. The monoisotopic (exact) mass is 584 g/mol. The summed E-state index contributed by atoms with van der Waals surface area (Å²) in [6, 6.07) is 24.1. The minimum atomic E-state index is -0.338. The Morgan fingerprint density at radius 3 is 2.51 bits per heavy atom. The maximum Gasteiger partial charge on any atom is 0.227 e. The van der Waals surface area contributed by atoms with E-state index in [9.17, 15) is 4.79 Å². The molecule has 0 bridgehead atoms. The minimum Gasteiger partial charge on any atom is -0.489 e. The molecule has 2 heterocycles. The maximum atomic E-state index is 13.2. The highest BCUT2D eigenvalue weighted by atomic mass is 35.5. The summed E-state index contributed by atoms with van der Waals surface area (Å²) in [6.45, 7) is 7.13. The van der Waals surface area contributed by atoms with E-state index in [1.807, 2.05) is 53.2 Å². The highest BCUT2D eigenvalue weighted by Crippen LogP contribution is 2.41. The summed E-state index contributed by atoms with van der Waals surface area (Å²) in [7, 11) is 0. The van der Waals surface area contributed by atoms with Gasteiger partial charge < -0.3 is 10.1 Å². The summed E-state index contributed by atoms with van der Waals surface area (Å²) in [6.07, 6.45) is 2.20. The summed E-state index contributed by atoms with van der Waals surface area (Å²) in [5, 5.41) is 9.62. The van der Waals surface area contributed by atoms with Gasteiger partial charge in [-0.05, 0) is 58.7 Å². The Hall–Kier alpha value is -3.55. The van der Waals surface area contributed by atoms with Gasteiger partial charge in [0.1, 0.15) is 18.4 Å². The summed E-state index contributed by atoms with van der Waals surface area (Å²) in [5.74, 6) is 2.25. The molecule has 1 N–H and O–H groups in total. The fourth-order valence-corrected chi connectivity index (χ4v) is 6.39. The first-order valence-corrected chi connectivity index (χ1v) is 15.3. The van der Waals surface area contributed by atoms with E-state index in [4.69, 9.17) is 26.4 Å². The minimum absolute atomic E-state index is 0.123. The second-order valence-corrected chi connectivity index (χ2v) is 12.9. The number of ketones is 1. The SMILES string of the molecule is CC(C)(C)c1ccc(COc2ccc(C3C4=C(CCCC4=O)Nc4nc(SCc5ccccc5Cl)nn43)cc2)cc1. The molecule has 0 amide bonds. The van der Waals surface area contributed by atoms with Gasteiger partial charge in [-0.15, -0.1) is 5.10 Å². The standard InChI is InChI=1S/C33H33ClN4O2S/c1-33(2,3)24-15-11-21(12-16-24)19-40-25-17-13-22(14-18-25)30-29-27(9-6-10-28(29)39)35-31-36-32(37-38(30)31)41-20-23-7-4-5-8-26(23)34/h4-5,7-8,11-18,30H,6,9-10,19-20H2,1-3H3,(H,35,36,37). The predicted octanol–water partition coefficient (Wildman–Crippen LogP) is 8.12. The van der Waals surface area contributed by atoms with Gasteiger partial charge in [0.05, 0.1) is 0 Å². The molecular weight excluding hydrogens is 552 g/mol. The van der Waals surface area contributed by atoms with E-state index < -0.39 is 0 Å². The molecule has 6 rings (SSSR count). The summed E-state index contributed by atoms with van der Waals surface area (Å²) in [4.78, 5) is 18.0. The molecule has 8 heteroatoms. The number of carbonyl (C=O) groups is 1. The van der Waals surface area contributed by atoms with Gasteiger partial charge in [-0.1, -0.05) is 98.7 Å². The summed E-state index contributed by atoms with van der Waals surface area (Å²) >= 11 is 7.89. The van der Waals surface area contributed by atoms with Crippen molar-refractivity contribution in [1.82, 2.24) is 14.8 Å². The molecule has 4 aromatic rings. The molecule has 0 fully saturated rings. The lowest BCUT2D eigenvalue weighted by atomic mass is 9.85. The number of Topliss-reactive ketones (excluding diaryl/α,β-unsaturated/α-hetero) is 1. The van der Waals surface area contributed by atoms with E-state index in [2.05, 4.69) is 50.4 Å². The molecule has 1 aromatic heterocycles. The predicted molar refractivity (Wildman–Crippen MR) is 165 cm³/mol. The van der Waals surface area contributed by atoms with Crippen LogP contribution in [0.3, 0.4) is 0 Å². The molecule has 0 spiro atoms. The Morgan fingerprint density at radius 1 is 1.02 bits per heavy atom. The van der Waals surface area contributed by atoms with Crippen molar-refractivity contribution in [1.29, 1.82) is 0 Å². The fourth-order valence-electron chi connectivity index (χ4n) is 5.28. The van der Waals surface area contributed by atoms with Crippen molar-refractivity contribution in [2.45, 2.75) is 69.0 Å². The van der Waals surface area contributed by atoms with Crippen LogP contribution in [0.1, 0.15) is 68.3 Å². The van der Waals surface area contributed by atoms with Crippen LogP contribution < -0.4 is 10.1 Å². The quantitative estimate of drug-likeness (QED) is 0.221. The number of carbonyl (C=O) groups excluding carboxylic acids is 1. The zero-order valence-electron chi connectivity index (χ0n) is 23.5. The van der Waals surface area contributed by atoms with Gasteiger partial charge in [0.25, 0.3) is 0 Å². The van der Waals surface area contributed by atoms with E-state index in [0.29, 0.717) is 29.9 Å². The number of fused-ring (bicyclic) bond motifs is 1. The Kier molecular flexibility index (Phi) is 7.66.